The van der Waals surface area contributed by atoms with Gasteiger partial charge >= 0.3 is 5.97 Å². The number of nitrogens with zero attached hydrogens (tertiary/aromatic N) is 2. The molecule has 110 valence electrons. The van der Waals surface area contributed by atoms with E-state index in [2.05, 4.69) is 4.85 Å². The molecule has 2 aromatic carbocycles. The molecule has 0 heterocycles. The molecule has 0 saturated heterocycles. The van der Waals surface area contributed by atoms with Crippen molar-refractivity contribution < 1.29 is 9.53 Å². The van der Waals surface area contributed by atoms with E-state index in [1.165, 1.54) is 7.11 Å². The number of carbonyl (C=O) groups excluding carboxylic acids is 1. The van der Waals surface area contributed by atoms with Crippen LogP contribution in [-0.2, 0) is 4.74 Å². The maximum atomic E-state index is 11.8. The summed E-state index contributed by atoms with van der Waals surface area (Å²) in [6, 6.07) is 13.1. The quantitative estimate of drug-likeness (QED) is 0.388. The first kappa shape index (κ1) is 14.6. The Morgan fingerprint density at radius 2 is 1.78 bits per heavy atom. The van der Waals surface area contributed by atoms with Crippen LogP contribution in [-0.4, -0.2) is 13.1 Å². The highest BCUT2D eigenvalue weighted by atomic mass is 16.5. The number of ether oxygens (including phenoxy) is 1. The molecule has 2 aromatic rings. The third kappa shape index (κ3) is 2.18. The fourth-order valence-corrected chi connectivity index (χ4v) is 2.87. The van der Waals surface area contributed by atoms with Gasteiger partial charge in [0.25, 0.3) is 5.70 Å². The fourth-order valence-electron chi connectivity index (χ4n) is 2.87. The first-order valence-electron chi connectivity index (χ1n) is 6.96. The Bertz CT molecular complexity index is 940. The third-order valence-corrected chi connectivity index (χ3v) is 3.90. The van der Waals surface area contributed by atoms with Crippen LogP contribution >= 0.6 is 0 Å². The van der Waals surface area contributed by atoms with E-state index in [1.54, 1.807) is 12.1 Å². The summed E-state index contributed by atoms with van der Waals surface area (Å²) >= 11 is 0. The predicted molar refractivity (Wildman–Crippen MR) is 86.2 cm³/mol. The van der Waals surface area contributed by atoms with Crippen molar-refractivity contribution >= 4 is 11.5 Å². The molecule has 0 aromatic heterocycles. The summed E-state index contributed by atoms with van der Waals surface area (Å²) in [6.07, 6.45) is 0. The van der Waals surface area contributed by atoms with Crippen molar-refractivity contribution in [1.29, 1.82) is 5.26 Å². The fraction of sp³-hybridized carbons (Fsp3) is 0.105. The second-order valence-corrected chi connectivity index (χ2v) is 5.25. The van der Waals surface area contributed by atoms with Gasteiger partial charge in [-0.05, 0) is 41.3 Å². The van der Waals surface area contributed by atoms with Gasteiger partial charge in [0.05, 0.1) is 25.3 Å². The molecule has 0 saturated carbocycles. The van der Waals surface area contributed by atoms with Gasteiger partial charge < -0.3 is 4.74 Å². The molecule has 23 heavy (non-hydrogen) atoms. The van der Waals surface area contributed by atoms with Crippen molar-refractivity contribution in [2.45, 2.75) is 6.92 Å². The number of fused-ring (bicyclic) bond motifs is 3. The van der Waals surface area contributed by atoms with Crippen LogP contribution in [0.2, 0.25) is 0 Å². The van der Waals surface area contributed by atoms with E-state index in [0.717, 1.165) is 27.8 Å². The third-order valence-electron chi connectivity index (χ3n) is 3.90. The number of benzene rings is 2. The van der Waals surface area contributed by atoms with Gasteiger partial charge in [-0.3, -0.25) is 0 Å². The molecule has 4 heteroatoms. The number of allylic oxidation sites excluding steroid dienone is 1. The van der Waals surface area contributed by atoms with E-state index in [-0.39, 0.29) is 5.70 Å². The predicted octanol–water partition coefficient (Wildman–Crippen LogP) is 3.96. The molecule has 1 aliphatic rings. The Kier molecular flexibility index (Phi) is 3.44. The van der Waals surface area contributed by atoms with Crippen molar-refractivity contribution in [1.82, 2.24) is 0 Å². The van der Waals surface area contributed by atoms with Gasteiger partial charge in [-0.15, -0.1) is 0 Å². The first-order valence-corrected chi connectivity index (χ1v) is 6.96. The number of aryl methyl sites for hydroxylation is 1. The number of hydrogen-bond acceptors (Lipinski definition) is 3. The average Bonchev–Trinajstić information content (AvgIpc) is 2.88. The summed E-state index contributed by atoms with van der Waals surface area (Å²) in [6.45, 7) is 9.25. The van der Waals surface area contributed by atoms with Crippen LogP contribution in [0.25, 0.3) is 21.5 Å². The number of hydrogen-bond donors (Lipinski definition) is 0. The topological polar surface area (TPSA) is 54.5 Å². The Morgan fingerprint density at radius 3 is 2.39 bits per heavy atom. The van der Waals surface area contributed by atoms with Crippen LogP contribution in [0.3, 0.4) is 0 Å². The Morgan fingerprint density at radius 1 is 1.13 bits per heavy atom. The molecule has 0 spiro atoms. The average molecular weight is 300 g/mol. The summed E-state index contributed by atoms with van der Waals surface area (Å²) in [5.74, 6) is -0.444. The molecule has 0 amide bonds. The monoisotopic (exact) mass is 300 g/mol. The zero-order valence-corrected chi connectivity index (χ0v) is 12.7. The normalized spacial score (nSPS) is 13.4. The van der Waals surface area contributed by atoms with Crippen LogP contribution in [0.15, 0.2) is 42.1 Å². The summed E-state index contributed by atoms with van der Waals surface area (Å²) in [5.41, 5.74) is 5.52. The number of methoxy groups -OCH3 is 1. The van der Waals surface area contributed by atoms with E-state index in [1.807, 2.05) is 37.3 Å². The minimum atomic E-state index is -0.444. The van der Waals surface area contributed by atoms with E-state index in [0.29, 0.717) is 11.1 Å². The molecular weight excluding hydrogens is 288 g/mol. The largest absolute Gasteiger partial charge is 0.465 e. The number of carbonyl (C=O) groups is 1. The summed E-state index contributed by atoms with van der Waals surface area (Å²) in [5, 5.41) is 9.32. The molecule has 0 bridgehead atoms. The van der Waals surface area contributed by atoms with Gasteiger partial charge in [-0.1, -0.05) is 29.8 Å². The van der Waals surface area contributed by atoms with Crippen LogP contribution in [0, 0.1) is 24.8 Å². The SMILES string of the molecule is [C-]#[N+]/C(C#N)=C1/c2cc(C)ccc2-c2ccc(C(=O)OC)cc21. The Balaban J connectivity index is 2.37. The van der Waals surface area contributed by atoms with Crippen molar-refractivity contribution in [2.75, 3.05) is 7.11 Å². The second kappa shape index (κ2) is 5.44. The summed E-state index contributed by atoms with van der Waals surface area (Å²) < 4.78 is 4.76. The van der Waals surface area contributed by atoms with Gasteiger partial charge in [0.1, 0.15) is 0 Å². The molecule has 4 nitrogen and oxygen atoms in total. The highest BCUT2D eigenvalue weighted by Crippen LogP contribution is 2.46. The van der Waals surface area contributed by atoms with E-state index < -0.39 is 5.97 Å². The molecule has 1 aliphatic carbocycles. The lowest BCUT2D eigenvalue weighted by atomic mass is 9.99. The van der Waals surface area contributed by atoms with Crippen LogP contribution in [0.5, 0.6) is 0 Å². The van der Waals surface area contributed by atoms with E-state index in [4.69, 9.17) is 11.3 Å². The van der Waals surface area contributed by atoms with Crippen molar-refractivity contribution in [3.63, 3.8) is 0 Å². The van der Waals surface area contributed by atoms with Gasteiger partial charge in [0.2, 0.25) is 0 Å². The zero-order chi connectivity index (χ0) is 16.6. The van der Waals surface area contributed by atoms with E-state index in [9.17, 15) is 10.1 Å². The van der Waals surface area contributed by atoms with Crippen LogP contribution in [0.4, 0.5) is 0 Å². The van der Waals surface area contributed by atoms with Gasteiger partial charge in [0, 0.05) is 5.57 Å². The molecule has 0 aliphatic heterocycles. The molecule has 0 unspecified atom stereocenters. The summed E-state index contributed by atoms with van der Waals surface area (Å²) in [4.78, 5) is 15.2. The van der Waals surface area contributed by atoms with Gasteiger partial charge in [-0.25, -0.2) is 14.9 Å². The summed E-state index contributed by atoms with van der Waals surface area (Å²) in [7, 11) is 1.32. The zero-order valence-electron chi connectivity index (χ0n) is 12.7. The minimum absolute atomic E-state index is 0.0256. The molecule has 0 N–H and O–H groups in total. The highest BCUT2D eigenvalue weighted by molar-refractivity contribution is 6.05. The second-order valence-electron chi connectivity index (χ2n) is 5.25. The molecule has 0 fully saturated rings. The standard InChI is InChI=1S/C19H12N2O2/c1-11-4-6-13-14-7-5-12(19(22)23-3)9-16(14)18(15(13)8-11)17(10-20)21-2/h4-9H,1,3H3/b18-17-. The number of esters is 1. The lowest BCUT2D eigenvalue weighted by Gasteiger charge is -2.05. The molecule has 0 atom stereocenters. The Hall–Kier alpha value is -3.37. The smallest absolute Gasteiger partial charge is 0.337 e. The number of rotatable bonds is 1. The van der Waals surface area contributed by atoms with Gasteiger partial charge in [0.15, 0.2) is 0 Å². The van der Waals surface area contributed by atoms with Crippen molar-refractivity contribution in [3.05, 3.63) is 75.8 Å². The van der Waals surface area contributed by atoms with Crippen molar-refractivity contribution in [2.24, 2.45) is 0 Å². The van der Waals surface area contributed by atoms with Crippen molar-refractivity contribution in [3.8, 4) is 17.2 Å². The maximum Gasteiger partial charge on any atom is 0.337 e. The van der Waals surface area contributed by atoms with E-state index >= 15 is 0 Å². The number of nitriles is 1. The van der Waals surface area contributed by atoms with Crippen LogP contribution < -0.4 is 0 Å². The molecule has 3 rings (SSSR count). The highest BCUT2D eigenvalue weighted by Gasteiger charge is 2.27. The minimum Gasteiger partial charge on any atom is -0.465 e. The van der Waals surface area contributed by atoms with Gasteiger partial charge in [-0.2, -0.15) is 0 Å². The molecular formula is C19H12N2O2. The lowest BCUT2D eigenvalue weighted by molar-refractivity contribution is 0.0600. The molecule has 0 radical (unpaired) electrons. The maximum absolute atomic E-state index is 11.8. The first-order chi connectivity index (χ1) is 11.1. The van der Waals surface area contributed by atoms with Crippen LogP contribution in [0.1, 0.15) is 27.0 Å². The lowest BCUT2D eigenvalue weighted by Crippen LogP contribution is -2.01. The Labute approximate surface area is 134 Å².